The number of hydroxylamine groups is 2. The molecule has 1 unspecified atom stereocenters. The lowest BCUT2D eigenvalue weighted by molar-refractivity contribution is -0.201. The quantitative estimate of drug-likeness (QED) is 0.688. The average molecular weight is 341 g/mol. The summed E-state index contributed by atoms with van der Waals surface area (Å²) in [5.74, 6) is -0.990. The van der Waals surface area contributed by atoms with E-state index in [9.17, 15) is 19.2 Å². The maximum atomic E-state index is 12.2. The van der Waals surface area contributed by atoms with Crippen molar-refractivity contribution in [2.24, 2.45) is 11.8 Å². The molecular weight excluding hydrogens is 318 g/mol. The Morgan fingerprint density at radius 3 is 2.43 bits per heavy atom. The number of ketones is 1. The van der Waals surface area contributed by atoms with Crippen LogP contribution in [-0.2, 0) is 24.0 Å². The third-order valence-corrected chi connectivity index (χ3v) is 5.83. The third kappa shape index (κ3) is 4.56. The van der Waals surface area contributed by atoms with Gasteiger partial charge in [0.1, 0.15) is 5.78 Å². The number of Topliss-reactive ketones (excluding diaryl/α,β-unsaturated/α-hetero) is 1. The number of nitrogens with zero attached hydrogens (tertiary/aromatic N) is 1. The monoisotopic (exact) mass is 341 g/mol. The number of carbonyl (C=O) groups is 4. The molecule has 2 amide bonds. The molecule has 1 aliphatic heterocycles. The summed E-state index contributed by atoms with van der Waals surface area (Å²) in [4.78, 5) is 52.3. The fourth-order valence-corrected chi connectivity index (χ4v) is 3.93. The first-order chi connectivity index (χ1) is 10.9. The molecule has 23 heavy (non-hydrogen) atoms. The Hall–Kier alpha value is -1.37. The Balaban J connectivity index is 1.87. The van der Waals surface area contributed by atoms with Gasteiger partial charge in [-0.3, -0.25) is 14.4 Å². The standard InChI is InChI=1S/C16H23NO5S/c1-3-11-4-6-12(7-5-11)16(21)22-17-14(19)8-13(15(17)20)23-9-10(2)18/h11-13H,3-9H2,1-2H3. The van der Waals surface area contributed by atoms with E-state index in [2.05, 4.69) is 6.92 Å². The van der Waals surface area contributed by atoms with Crippen molar-refractivity contribution in [3.8, 4) is 0 Å². The number of hydrogen-bond acceptors (Lipinski definition) is 6. The van der Waals surface area contributed by atoms with E-state index in [1.165, 1.54) is 6.92 Å². The highest BCUT2D eigenvalue weighted by molar-refractivity contribution is 8.01. The van der Waals surface area contributed by atoms with Gasteiger partial charge in [0.15, 0.2) is 0 Å². The molecule has 1 heterocycles. The molecule has 0 aromatic carbocycles. The molecule has 0 aromatic heterocycles. The molecule has 0 radical (unpaired) electrons. The van der Waals surface area contributed by atoms with Gasteiger partial charge in [-0.2, -0.15) is 0 Å². The van der Waals surface area contributed by atoms with Crippen LogP contribution in [0.15, 0.2) is 0 Å². The first-order valence-corrected chi connectivity index (χ1v) is 9.16. The van der Waals surface area contributed by atoms with Gasteiger partial charge in [-0.15, -0.1) is 16.8 Å². The van der Waals surface area contributed by atoms with E-state index in [-0.39, 0.29) is 23.9 Å². The molecule has 0 N–H and O–H groups in total. The van der Waals surface area contributed by atoms with Crippen molar-refractivity contribution in [1.29, 1.82) is 0 Å². The Morgan fingerprint density at radius 2 is 1.87 bits per heavy atom. The molecule has 1 saturated carbocycles. The lowest BCUT2D eigenvalue weighted by atomic mass is 9.81. The molecule has 7 heteroatoms. The molecular formula is C16H23NO5S. The molecule has 1 aliphatic carbocycles. The van der Waals surface area contributed by atoms with Crippen LogP contribution >= 0.6 is 11.8 Å². The molecule has 0 aromatic rings. The Kier molecular flexibility index (Phi) is 6.21. The molecule has 0 spiro atoms. The number of imide groups is 1. The molecule has 2 fully saturated rings. The lowest BCUT2D eigenvalue weighted by Crippen LogP contribution is -2.37. The number of thioether (sulfide) groups is 1. The highest BCUT2D eigenvalue weighted by Gasteiger charge is 2.43. The van der Waals surface area contributed by atoms with Gasteiger partial charge in [0.25, 0.3) is 11.8 Å². The van der Waals surface area contributed by atoms with E-state index in [1.54, 1.807) is 0 Å². The summed E-state index contributed by atoms with van der Waals surface area (Å²) in [7, 11) is 0. The molecule has 1 atom stereocenters. The van der Waals surface area contributed by atoms with Gasteiger partial charge in [0, 0.05) is 0 Å². The summed E-state index contributed by atoms with van der Waals surface area (Å²) in [5, 5.41) is -0.0264. The van der Waals surface area contributed by atoms with E-state index in [0.29, 0.717) is 11.0 Å². The van der Waals surface area contributed by atoms with Gasteiger partial charge in [-0.1, -0.05) is 13.3 Å². The highest BCUT2D eigenvalue weighted by atomic mass is 32.2. The molecule has 0 bridgehead atoms. The minimum Gasteiger partial charge on any atom is -0.330 e. The van der Waals surface area contributed by atoms with Gasteiger partial charge in [0.05, 0.1) is 23.3 Å². The second-order valence-electron chi connectivity index (χ2n) is 6.27. The first-order valence-electron chi connectivity index (χ1n) is 8.12. The van der Waals surface area contributed by atoms with Crippen LogP contribution in [-0.4, -0.2) is 39.6 Å². The van der Waals surface area contributed by atoms with Gasteiger partial charge in [0.2, 0.25) is 0 Å². The van der Waals surface area contributed by atoms with Crippen LogP contribution < -0.4 is 0 Å². The van der Waals surface area contributed by atoms with Crippen LogP contribution in [0.4, 0.5) is 0 Å². The van der Waals surface area contributed by atoms with Gasteiger partial charge >= 0.3 is 5.97 Å². The summed E-state index contributed by atoms with van der Waals surface area (Å²) < 4.78 is 0. The van der Waals surface area contributed by atoms with E-state index in [0.717, 1.165) is 43.9 Å². The first kappa shape index (κ1) is 18.0. The van der Waals surface area contributed by atoms with Crippen LogP contribution in [0.3, 0.4) is 0 Å². The molecule has 1 saturated heterocycles. The van der Waals surface area contributed by atoms with Gasteiger partial charge in [-0.25, -0.2) is 4.79 Å². The van der Waals surface area contributed by atoms with Crippen molar-refractivity contribution in [3.05, 3.63) is 0 Å². The number of hydrogen-bond donors (Lipinski definition) is 0. The Bertz CT molecular complexity index is 499. The normalized spacial score (nSPS) is 28.1. The largest absolute Gasteiger partial charge is 0.336 e. The molecule has 6 nitrogen and oxygen atoms in total. The zero-order chi connectivity index (χ0) is 17.0. The summed E-state index contributed by atoms with van der Waals surface area (Å²) >= 11 is 1.12. The van der Waals surface area contributed by atoms with Gasteiger partial charge < -0.3 is 4.84 Å². The van der Waals surface area contributed by atoms with Crippen LogP contribution in [0.1, 0.15) is 52.4 Å². The number of rotatable bonds is 6. The third-order valence-electron chi connectivity index (χ3n) is 4.49. The number of carbonyl (C=O) groups excluding carboxylic acids is 4. The highest BCUT2D eigenvalue weighted by Crippen LogP contribution is 2.32. The van der Waals surface area contributed by atoms with E-state index in [1.807, 2.05) is 0 Å². The van der Waals surface area contributed by atoms with Crippen LogP contribution in [0, 0.1) is 11.8 Å². The fraction of sp³-hybridized carbons (Fsp3) is 0.750. The van der Waals surface area contributed by atoms with Crippen LogP contribution in [0.25, 0.3) is 0 Å². The summed E-state index contributed by atoms with van der Waals surface area (Å²) in [6.45, 7) is 3.57. The topological polar surface area (TPSA) is 80.8 Å². The van der Waals surface area contributed by atoms with Crippen molar-refractivity contribution >= 4 is 35.3 Å². The minimum absolute atomic E-state index is 0.0212. The SMILES string of the molecule is CCC1CCC(C(=O)ON2C(=O)CC(SCC(C)=O)C2=O)CC1. The second-order valence-corrected chi connectivity index (χ2v) is 7.46. The summed E-state index contributed by atoms with van der Waals surface area (Å²) in [5.41, 5.74) is 0. The van der Waals surface area contributed by atoms with Crippen LogP contribution in [0.2, 0.25) is 0 Å². The van der Waals surface area contributed by atoms with Crippen molar-refractivity contribution in [2.45, 2.75) is 57.6 Å². The molecule has 2 rings (SSSR count). The van der Waals surface area contributed by atoms with Crippen LogP contribution in [0.5, 0.6) is 0 Å². The Labute approximate surface area is 140 Å². The van der Waals surface area contributed by atoms with Crippen molar-refractivity contribution in [2.75, 3.05) is 5.75 Å². The second kappa shape index (κ2) is 7.95. The van der Waals surface area contributed by atoms with Crippen molar-refractivity contribution in [1.82, 2.24) is 5.06 Å². The predicted molar refractivity (Wildman–Crippen MR) is 85.2 cm³/mol. The van der Waals surface area contributed by atoms with E-state index in [4.69, 9.17) is 4.84 Å². The average Bonchev–Trinajstić information content (AvgIpc) is 2.80. The molecule has 2 aliphatic rings. The zero-order valence-electron chi connectivity index (χ0n) is 13.6. The summed E-state index contributed by atoms with van der Waals surface area (Å²) in [6, 6.07) is 0. The van der Waals surface area contributed by atoms with E-state index < -0.39 is 23.0 Å². The lowest BCUT2D eigenvalue weighted by Gasteiger charge is -2.27. The summed E-state index contributed by atoms with van der Waals surface area (Å²) in [6.07, 6.45) is 4.54. The zero-order valence-corrected chi connectivity index (χ0v) is 14.4. The van der Waals surface area contributed by atoms with E-state index >= 15 is 0 Å². The Morgan fingerprint density at radius 1 is 1.22 bits per heavy atom. The minimum atomic E-state index is -0.630. The van der Waals surface area contributed by atoms with Crippen molar-refractivity contribution in [3.63, 3.8) is 0 Å². The maximum Gasteiger partial charge on any atom is 0.336 e. The van der Waals surface area contributed by atoms with Gasteiger partial charge in [-0.05, 0) is 38.5 Å². The fourth-order valence-electron chi connectivity index (χ4n) is 3.00. The molecule has 128 valence electrons. The predicted octanol–water partition coefficient (Wildman–Crippen LogP) is 2.11. The smallest absolute Gasteiger partial charge is 0.330 e. The number of amides is 2. The maximum absolute atomic E-state index is 12.2. The van der Waals surface area contributed by atoms with Crippen molar-refractivity contribution < 1.29 is 24.0 Å².